The molecule has 1 aliphatic rings. The summed E-state index contributed by atoms with van der Waals surface area (Å²) in [7, 11) is 0. The van der Waals surface area contributed by atoms with E-state index in [1.807, 2.05) is 6.92 Å². The predicted octanol–water partition coefficient (Wildman–Crippen LogP) is 4.13. The Morgan fingerprint density at radius 1 is 1.18 bits per heavy atom. The van der Waals surface area contributed by atoms with Gasteiger partial charge in [-0.05, 0) is 37.6 Å². The van der Waals surface area contributed by atoms with Crippen molar-refractivity contribution in [3.05, 3.63) is 0 Å². The van der Waals surface area contributed by atoms with Crippen molar-refractivity contribution in [2.24, 2.45) is 11.8 Å². The molecule has 0 bridgehead atoms. The highest BCUT2D eigenvalue weighted by molar-refractivity contribution is 4.82. The Morgan fingerprint density at radius 2 is 1.76 bits per heavy atom. The van der Waals surface area contributed by atoms with Gasteiger partial charge in [0, 0.05) is 6.04 Å². The Balaban J connectivity index is 2.49. The molecule has 1 atom stereocenters. The zero-order valence-corrected chi connectivity index (χ0v) is 10.8. The smallest absolute Gasteiger partial charge is 0.313 e. The van der Waals surface area contributed by atoms with Gasteiger partial charge in [0.05, 0.1) is 6.42 Å². The quantitative estimate of drug-likeness (QED) is 0.774. The van der Waals surface area contributed by atoms with Gasteiger partial charge in [-0.1, -0.05) is 26.7 Å². The van der Waals surface area contributed by atoms with Crippen LogP contribution in [0.15, 0.2) is 0 Å². The van der Waals surface area contributed by atoms with Crippen LogP contribution in [0.25, 0.3) is 0 Å². The summed E-state index contributed by atoms with van der Waals surface area (Å²) in [5.74, 6) is 0.892. The lowest BCUT2D eigenvalue weighted by Crippen LogP contribution is -2.41. The average Bonchev–Trinajstić information content (AvgIpc) is 2.24. The largest absolute Gasteiger partial charge is 0.390 e. The van der Waals surface area contributed by atoms with Crippen LogP contribution < -0.4 is 5.32 Å². The molecule has 1 unspecified atom stereocenters. The van der Waals surface area contributed by atoms with Gasteiger partial charge in [0.15, 0.2) is 0 Å². The molecule has 1 rings (SSSR count). The molecule has 0 aromatic carbocycles. The van der Waals surface area contributed by atoms with E-state index < -0.39 is 12.6 Å². The molecule has 1 N–H and O–H groups in total. The maximum atomic E-state index is 12.5. The van der Waals surface area contributed by atoms with Crippen LogP contribution in [0.4, 0.5) is 13.2 Å². The predicted molar refractivity (Wildman–Crippen MR) is 63.9 cm³/mol. The van der Waals surface area contributed by atoms with E-state index >= 15 is 0 Å². The molecule has 0 saturated heterocycles. The summed E-state index contributed by atoms with van der Waals surface area (Å²) < 4.78 is 37.6. The Morgan fingerprint density at radius 3 is 2.24 bits per heavy atom. The molecule has 1 nitrogen and oxygen atoms in total. The second-order valence-corrected chi connectivity index (χ2v) is 5.40. The van der Waals surface area contributed by atoms with Crippen molar-refractivity contribution in [1.82, 2.24) is 5.32 Å². The van der Waals surface area contributed by atoms with Crippen molar-refractivity contribution in [2.45, 2.75) is 64.6 Å². The molecule has 0 amide bonds. The molecule has 0 radical (unpaired) electrons. The van der Waals surface area contributed by atoms with E-state index in [1.165, 1.54) is 0 Å². The molecule has 0 heterocycles. The molecule has 1 saturated carbocycles. The monoisotopic (exact) mass is 251 g/mol. The standard InChI is InChI=1S/C13H24F3N/c1-3-8-17-12(9-13(14,15)16)11-6-4-10(2)5-7-11/h10-12,17H,3-9H2,1-2H3. The van der Waals surface area contributed by atoms with Crippen LogP contribution in [0.5, 0.6) is 0 Å². The fourth-order valence-corrected chi connectivity index (χ4v) is 2.67. The van der Waals surface area contributed by atoms with E-state index in [1.54, 1.807) is 0 Å². The SMILES string of the molecule is CCCNC(CC(F)(F)F)C1CCC(C)CC1. The second kappa shape index (κ2) is 6.62. The Hall–Kier alpha value is -0.250. The molecule has 0 aromatic rings. The molecule has 17 heavy (non-hydrogen) atoms. The second-order valence-electron chi connectivity index (χ2n) is 5.40. The summed E-state index contributed by atoms with van der Waals surface area (Å²) in [6, 6.07) is -0.373. The minimum Gasteiger partial charge on any atom is -0.313 e. The molecule has 0 aliphatic heterocycles. The minimum atomic E-state index is -4.05. The van der Waals surface area contributed by atoms with Crippen LogP contribution in [-0.2, 0) is 0 Å². The normalized spacial score (nSPS) is 28.1. The van der Waals surface area contributed by atoms with E-state index in [0.717, 1.165) is 32.1 Å². The molecular formula is C13H24F3N. The van der Waals surface area contributed by atoms with Crippen LogP contribution >= 0.6 is 0 Å². The van der Waals surface area contributed by atoms with Gasteiger partial charge in [-0.3, -0.25) is 0 Å². The topological polar surface area (TPSA) is 12.0 Å². The maximum absolute atomic E-state index is 12.5. The van der Waals surface area contributed by atoms with Crippen molar-refractivity contribution in [3.8, 4) is 0 Å². The number of alkyl halides is 3. The van der Waals surface area contributed by atoms with Crippen LogP contribution in [0.3, 0.4) is 0 Å². The van der Waals surface area contributed by atoms with Crippen LogP contribution in [0.2, 0.25) is 0 Å². The van der Waals surface area contributed by atoms with Crippen molar-refractivity contribution in [3.63, 3.8) is 0 Å². The summed E-state index contributed by atoms with van der Waals surface area (Å²) in [5, 5.41) is 3.09. The highest BCUT2D eigenvalue weighted by Gasteiger charge is 2.36. The third-order valence-corrected chi connectivity index (χ3v) is 3.74. The number of hydrogen-bond donors (Lipinski definition) is 1. The van der Waals surface area contributed by atoms with Gasteiger partial charge in [0.2, 0.25) is 0 Å². The van der Waals surface area contributed by atoms with E-state index in [-0.39, 0.29) is 12.0 Å². The van der Waals surface area contributed by atoms with Crippen molar-refractivity contribution >= 4 is 0 Å². The van der Waals surface area contributed by atoms with Crippen LogP contribution in [-0.4, -0.2) is 18.8 Å². The van der Waals surface area contributed by atoms with E-state index in [4.69, 9.17) is 0 Å². The Kier molecular flexibility index (Phi) is 5.77. The first kappa shape index (κ1) is 14.8. The third-order valence-electron chi connectivity index (χ3n) is 3.74. The summed E-state index contributed by atoms with van der Waals surface area (Å²) in [5.41, 5.74) is 0. The summed E-state index contributed by atoms with van der Waals surface area (Å²) in [4.78, 5) is 0. The highest BCUT2D eigenvalue weighted by atomic mass is 19.4. The lowest BCUT2D eigenvalue weighted by Gasteiger charge is -2.33. The van der Waals surface area contributed by atoms with Crippen LogP contribution in [0, 0.1) is 11.8 Å². The molecule has 1 fully saturated rings. The Bertz CT molecular complexity index is 207. The van der Waals surface area contributed by atoms with Gasteiger partial charge in [-0.2, -0.15) is 13.2 Å². The van der Waals surface area contributed by atoms with Gasteiger partial charge >= 0.3 is 6.18 Å². The first-order chi connectivity index (χ1) is 7.92. The van der Waals surface area contributed by atoms with E-state index in [2.05, 4.69) is 12.2 Å². The number of nitrogens with one attached hydrogen (secondary N) is 1. The molecule has 4 heteroatoms. The van der Waals surface area contributed by atoms with Crippen LogP contribution in [0.1, 0.15) is 52.4 Å². The minimum absolute atomic E-state index is 0.208. The lowest BCUT2D eigenvalue weighted by molar-refractivity contribution is -0.143. The van der Waals surface area contributed by atoms with Gasteiger partial charge in [-0.15, -0.1) is 0 Å². The Labute approximate surface area is 102 Å². The molecule has 0 spiro atoms. The third kappa shape index (κ3) is 5.75. The zero-order valence-electron chi connectivity index (χ0n) is 10.8. The fraction of sp³-hybridized carbons (Fsp3) is 1.00. The van der Waals surface area contributed by atoms with E-state index in [0.29, 0.717) is 12.5 Å². The molecule has 0 aromatic heterocycles. The number of halogens is 3. The highest BCUT2D eigenvalue weighted by Crippen LogP contribution is 2.34. The van der Waals surface area contributed by atoms with Crippen molar-refractivity contribution < 1.29 is 13.2 Å². The first-order valence-electron chi connectivity index (χ1n) is 6.72. The molecule has 102 valence electrons. The van der Waals surface area contributed by atoms with Gasteiger partial charge in [0.1, 0.15) is 0 Å². The number of rotatable bonds is 5. The lowest BCUT2D eigenvalue weighted by atomic mass is 9.78. The summed E-state index contributed by atoms with van der Waals surface area (Å²) in [6.45, 7) is 4.86. The summed E-state index contributed by atoms with van der Waals surface area (Å²) >= 11 is 0. The van der Waals surface area contributed by atoms with Gasteiger partial charge in [0.25, 0.3) is 0 Å². The zero-order chi connectivity index (χ0) is 12.9. The van der Waals surface area contributed by atoms with Crippen molar-refractivity contribution in [2.75, 3.05) is 6.54 Å². The average molecular weight is 251 g/mol. The van der Waals surface area contributed by atoms with Gasteiger partial charge in [-0.25, -0.2) is 0 Å². The van der Waals surface area contributed by atoms with E-state index in [9.17, 15) is 13.2 Å². The molecule has 1 aliphatic carbocycles. The summed E-state index contributed by atoms with van der Waals surface area (Å²) in [6.07, 6.45) is 0.203. The van der Waals surface area contributed by atoms with Crippen molar-refractivity contribution in [1.29, 1.82) is 0 Å². The molecular weight excluding hydrogens is 227 g/mol. The number of hydrogen-bond acceptors (Lipinski definition) is 1. The first-order valence-corrected chi connectivity index (χ1v) is 6.72. The maximum Gasteiger partial charge on any atom is 0.390 e. The fourth-order valence-electron chi connectivity index (χ4n) is 2.67. The van der Waals surface area contributed by atoms with Gasteiger partial charge < -0.3 is 5.32 Å².